The van der Waals surface area contributed by atoms with Crippen molar-refractivity contribution in [3.05, 3.63) is 54.2 Å². The van der Waals surface area contributed by atoms with E-state index in [1.807, 2.05) is 4.72 Å². The van der Waals surface area contributed by atoms with Gasteiger partial charge in [-0.05, 0) is 18.2 Å². The SMILES string of the molecule is O=C(NCCO)Oc1ccc(C(=O)NS(=O)(=O)CCOc2ccccc2)cn1. The molecule has 0 bridgehead atoms. The summed E-state index contributed by atoms with van der Waals surface area (Å²) in [5.74, 6) is -0.853. The molecule has 0 saturated heterocycles. The Bertz CT molecular complexity index is 887. The van der Waals surface area contributed by atoms with Crippen molar-refractivity contribution < 1.29 is 32.6 Å². The van der Waals surface area contributed by atoms with Crippen molar-refractivity contribution in [3.8, 4) is 11.6 Å². The number of para-hydroxylation sites is 1. The molecule has 2 amide bonds. The van der Waals surface area contributed by atoms with Crippen LogP contribution in [0.25, 0.3) is 0 Å². The van der Waals surface area contributed by atoms with Crippen LogP contribution in [0.4, 0.5) is 4.79 Å². The van der Waals surface area contributed by atoms with Crippen LogP contribution < -0.4 is 19.5 Å². The lowest BCUT2D eigenvalue weighted by atomic mass is 10.3. The summed E-state index contributed by atoms with van der Waals surface area (Å²) in [4.78, 5) is 27.1. The zero-order valence-corrected chi connectivity index (χ0v) is 15.5. The van der Waals surface area contributed by atoms with Crippen molar-refractivity contribution >= 4 is 22.0 Å². The minimum Gasteiger partial charge on any atom is -0.492 e. The maximum atomic E-state index is 12.0. The summed E-state index contributed by atoms with van der Waals surface area (Å²) in [7, 11) is -3.91. The fourth-order valence-corrected chi connectivity index (χ4v) is 2.71. The molecule has 0 unspecified atom stereocenters. The Morgan fingerprint density at radius 1 is 1.11 bits per heavy atom. The molecular formula is C17H19N3O7S. The van der Waals surface area contributed by atoms with Crippen LogP contribution in [-0.2, 0) is 10.0 Å². The minimum atomic E-state index is -3.91. The number of nitrogens with zero attached hydrogens (tertiary/aromatic N) is 1. The molecule has 1 aromatic heterocycles. The Labute approximate surface area is 161 Å². The monoisotopic (exact) mass is 409 g/mol. The lowest BCUT2D eigenvalue weighted by Gasteiger charge is -2.09. The molecule has 0 radical (unpaired) electrons. The van der Waals surface area contributed by atoms with Crippen LogP contribution in [0, 0.1) is 0 Å². The van der Waals surface area contributed by atoms with Gasteiger partial charge in [-0.3, -0.25) is 4.79 Å². The molecule has 0 fully saturated rings. The highest BCUT2D eigenvalue weighted by Crippen LogP contribution is 2.09. The number of aromatic nitrogens is 1. The number of hydrogen-bond acceptors (Lipinski definition) is 8. The molecule has 10 nitrogen and oxygen atoms in total. The zero-order valence-electron chi connectivity index (χ0n) is 14.7. The van der Waals surface area contributed by atoms with Crippen LogP contribution in [0.3, 0.4) is 0 Å². The van der Waals surface area contributed by atoms with Crippen LogP contribution in [0.5, 0.6) is 11.6 Å². The molecule has 0 aliphatic carbocycles. The summed E-state index contributed by atoms with van der Waals surface area (Å²) < 4.78 is 36.0. The van der Waals surface area contributed by atoms with Gasteiger partial charge < -0.3 is 19.9 Å². The largest absolute Gasteiger partial charge is 0.492 e. The number of aliphatic hydroxyl groups excluding tert-OH is 1. The van der Waals surface area contributed by atoms with Gasteiger partial charge in [-0.1, -0.05) is 18.2 Å². The number of hydrogen-bond donors (Lipinski definition) is 3. The first-order valence-electron chi connectivity index (χ1n) is 8.15. The van der Waals surface area contributed by atoms with E-state index in [4.69, 9.17) is 14.6 Å². The summed E-state index contributed by atoms with van der Waals surface area (Å²) in [6.45, 7) is -0.349. The minimum absolute atomic E-state index is 0.0190. The molecule has 0 spiro atoms. The van der Waals surface area contributed by atoms with Crippen LogP contribution in [0.15, 0.2) is 48.7 Å². The first-order valence-corrected chi connectivity index (χ1v) is 9.80. The van der Waals surface area contributed by atoms with Crippen molar-refractivity contribution in [2.24, 2.45) is 0 Å². The zero-order chi connectivity index (χ0) is 20.4. The van der Waals surface area contributed by atoms with Gasteiger partial charge in [0.1, 0.15) is 18.1 Å². The maximum absolute atomic E-state index is 12.0. The Hall–Kier alpha value is -3.18. The summed E-state index contributed by atoms with van der Waals surface area (Å²) >= 11 is 0. The molecule has 0 aliphatic heterocycles. The van der Waals surface area contributed by atoms with Crippen molar-refractivity contribution in [1.29, 1.82) is 0 Å². The van der Waals surface area contributed by atoms with Gasteiger partial charge in [0.15, 0.2) is 0 Å². The Morgan fingerprint density at radius 3 is 2.50 bits per heavy atom. The quantitative estimate of drug-likeness (QED) is 0.536. The predicted octanol–water partition coefficient (Wildman–Crippen LogP) is 0.301. The Kier molecular flexibility index (Phi) is 7.72. The number of carbonyl (C=O) groups is 2. The summed E-state index contributed by atoms with van der Waals surface area (Å²) in [6, 6.07) is 11.2. The summed E-state index contributed by atoms with van der Waals surface area (Å²) in [5.41, 5.74) is -0.0318. The number of nitrogens with one attached hydrogen (secondary N) is 2. The van der Waals surface area contributed by atoms with Gasteiger partial charge in [-0.15, -0.1) is 0 Å². The number of carbonyl (C=O) groups excluding carboxylic acids is 2. The molecule has 2 aromatic rings. The number of amides is 2. The third-order valence-corrected chi connectivity index (χ3v) is 4.39. The average Bonchev–Trinajstić information content (AvgIpc) is 2.67. The van der Waals surface area contributed by atoms with Crippen molar-refractivity contribution in [3.63, 3.8) is 0 Å². The number of ether oxygens (including phenoxy) is 2. The second-order valence-corrected chi connectivity index (χ2v) is 7.18. The Balaban J connectivity index is 1.84. The van der Waals surface area contributed by atoms with Gasteiger partial charge in [-0.2, -0.15) is 0 Å². The molecule has 0 aliphatic rings. The molecule has 2 rings (SSSR count). The molecule has 150 valence electrons. The third kappa shape index (κ3) is 7.21. The van der Waals surface area contributed by atoms with E-state index in [1.165, 1.54) is 12.1 Å². The maximum Gasteiger partial charge on any atom is 0.414 e. The van der Waals surface area contributed by atoms with Crippen LogP contribution in [0.1, 0.15) is 10.4 Å². The fourth-order valence-electron chi connectivity index (χ4n) is 1.90. The highest BCUT2D eigenvalue weighted by Gasteiger charge is 2.17. The Morgan fingerprint density at radius 2 is 1.86 bits per heavy atom. The van der Waals surface area contributed by atoms with Crippen molar-refractivity contribution in [1.82, 2.24) is 15.0 Å². The topological polar surface area (TPSA) is 144 Å². The van der Waals surface area contributed by atoms with Crippen LogP contribution in [-0.4, -0.2) is 56.0 Å². The van der Waals surface area contributed by atoms with E-state index in [2.05, 4.69) is 10.3 Å². The normalized spacial score (nSPS) is 10.8. The average molecular weight is 409 g/mol. The highest BCUT2D eigenvalue weighted by molar-refractivity contribution is 7.90. The van der Waals surface area contributed by atoms with E-state index in [-0.39, 0.29) is 31.2 Å². The second-order valence-electron chi connectivity index (χ2n) is 5.34. The lowest BCUT2D eigenvalue weighted by Crippen LogP contribution is -2.34. The first kappa shape index (κ1) is 21.1. The molecule has 0 saturated carbocycles. The van der Waals surface area contributed by atoms with Gasteiger partial charge in [0.25, 0.3) is 5.91 Å². The van der Waals surface area contributed by atoms with Gasteiger partial charge in [-0.25, -0.2) is 22.9 Å². The van der Waals surface area contributed by atoms with Crippen molar-refractivity contribution in [2.45, 2.75) is 0 Å². The fraction of sp³-hybridized carbons (Fsp3) is 0.235. The van der Waals surface area contributed by atoms with E-state index in [0.717, 1.165) is 6.20 Å². The van der Waals surface area contributed by atoms with E-state index >= 15 is 0 Å². The number of aliphatic hydroxyl groups is 1. The summed E-state index contributed by atoms with van der Waals surface area (Å²) in [6.07, 6.45) is 0.250. The van der Waals surface area contributed by atoms with Crippen molar-refractivity contribution in [2.75, 3.05) is 25.5 Å². The molecule has 1 heterocycles. The van der Waals surface area contributed by atoms with E-state index in [0.29, 0.717) is 5.75 Å². The standard InChI is InChI=1S/C17H19N3O7S/c21-9-8-18-17(23)27-15-7-6-13(12-19-15)16(22)20-28(24,25)11-10-26-14-4-2-1-3-5-14/h1-7,12,21H,8-11H2,(H,18,23)(H,20,22). The van der Waals surface area contributed by atoms with Gasteiger partial charge in [0.05, 0.1) is 12.2 Å². The second kappa shape index (κ2) is 10.2. The first-order chi connectivity index (χ1) is 13.4. The van der Waals surface area contributed by atoms with Gasteiger partial charge in [0.2, 0.25) is 15.9 Å². The molecule has 11 heteroatoms. The summed E-state index contributed by atoms with van der Waals surface area (Å²) in [5, 5.41) is 10.9. The van der Waals surface area contributed by atoms with Crippen LogP contribution >= 0.6 is 0 Å². The smallest absolute Gasteiger partial charge is 0.414 e. The molecular weight excluding hydrogens is 390 g/mol. The highest BCUT2D eigenvalue weighted by atomic mass is 32.2. The number of rotatable bonds is 9. The number of sulfonamides is 1. The van der Waals surface area contributed by atoms with Gasteiger partial charge in [0, 0.05) is 18.8 Å². The van der Waals surface area contributed by atoms with E-state index in [9.17, 15) is 18.0 Å². The lowest BCUT2D eigenvalue weighted by molar-refractivity contribution is 0.0981. The number of benzene rings is 1. The number of pyridine rings is 1. The molecule has 1 aromatic carbocycles. The van der Waals surface area contributed by atoms with Gasteiger partial charge >= 0.3 is 6.09 Å². The van der Waals surface area contributed by atoms with E-state index in [1.54, 1.807) is 30.3 Å². The third-order valence-electron chi connectivity index (χ3n) is 3.19. The molecule has 3 N–H and O–H groups in total. The van der Waals surface area contributed by atoms with E-state index < -0.39 is 27.8 Å². The molecule has 28 heavy (non-hydrogen) atoms. The predicted molar refractivity (Wildman–Crippen MR) is 98.5 cm³/mol. The van der Waals surface area contributed by atoms with Crippen LogP contribution in [0.2, 0.25) is 0 Å². The molecule has 0 atom stereocenters.